The van der Waals surface area contributed by atoms with Crippen molar-refractivity contribution >= 4 is 0 Å². The van der Waals surface area contributed by atoms with Gasteiger partial charge in [-0.05, 0) is 51.5 Å². The van der Waals surface area contributed by atoms with E-state index in [1.165, 1.54) is 0 Å². The summed E-state index contributed by atoms with van der Waals surface area (Å²) in [4.78, 5) is 0. The van der Waals surface area contributed by atoms with Crippen LogP contribution in [-0.2, 0) is 11.2 Å². The van der Waals surface area contributed by atoms with E-state index in [0.717, 1.165) is 18.2 Å². The number of aliphatic hydroxyl groups is 1. The maximum Gasteiger partial charge on any atom is 0.126 e. The maximum atomic E-state index is 13.7. The molecule has 0 radical (unpaired) electrons. The molecule has 1 saturated heterocycles. The second-order valence-electron chi connectivity index (χ2n) is 6.49. The summed E-state index contributed by atoms with van der Waals surface area (Å²) in [6.45, 7) is 7.32. The molecule has 1 fully saturated rings. The summed E-state index contributed by atoms with van der Waals surface area (Å²) in [5.41, 5.74) is -2.33. The molecular weight excluding hydrogens is 250 g/mol. The highest BCUT2D eigenvalue weighted by Crippen LogP contribution is 2.46. The lowest BCUT2D eigenvalue weighted by Gasteiger charge is -2.35. The molecule has 1 aromatic rings. The largest absolute Gasteiger partial charge is 0.386 e. The molecule has 0 aliphatic carbocycles. The van der Waals surface area contributed by atoms with Crippen LogP contribution in [0.2, 0.25) is 0 Å². The molecule has 0 bridgehead atoms. The lowest BCUT2D eigenvalue weighted by atomic mass is 9.78. The lowest BCUT2D eigenvalue weighted by molar-refractivity contribution is -0.126. The van der Waals surface area contributed by atoms with Crippen LogP contribution in [0.1, 0.15) is 39.7 Å². The standard InChI is InChI=1S/C15H20F2O2/c1-13(2)9-15(18,14(3,4)19-13)8-10-7-11(16)5-6-12(10)17/h5-7,18H,8-9H2,1-4H3. The fourth-order valence-electron chi connectivity index (χ4n) is 3.01. The van der Waals surface area contributed by atoms with Crippen molar-refractivity contribution in [1.82, 2.24) is 0 Å². The van der Waals surface area contributed by atoms with Gasteiger partial charge in [-0.2, -0.15) is 0 Å². The molecule has 1 unspecified atom stereocenters. The van der Waals surface area contributed by atoms with Crippen LogP contribution < -0.4 is 0 Å². The second-order valence-corrected chi connectivity index (χ2v) is 6.49. The fraction of sp³-hybridized carbons (Fsp3) is 0.600. The van der Waals surface area contributed by atoms with E-state index >= 15 is 0 Å². The Hall–Kier alpha value is -1.00. The van der Waals surface area contributed by atoms with E-state index in [2.05, 4.69) is 0 Å². The Kier molecular flexibility index (Phi) is 3.22. The van der Waals surface area contributed by atoms with Gasteiger partial charge in [0.1, 0.15) is 11.6 Å². The summed E-state index contributed by atoms with van der Waals surface area (Å²) in [7, 11) is 0. The number of halogens is 2. The minimum Gasteiger partial charge on any atom is -0.386 e. The zero-order chi connectivity index (χ0) is 14.5. The maximum absolute atomic E-state index is 13.7. The third kappa shape index (κ3) is 2.65. The molecule has 4 heteroatoms. The predicted octanol–water partition coefficient (Wildman–Crippen LogP) is 3.22. The van der Waals surface area contributed by atoms with Crippen LogP contribution in [0.25, 0.3) is 0 Å². The van der Waals surface area contributed by atoms with E-state index in [1.807, 2.05) is 13.8 Å². The van der Waals surface area contributed by atoms with Gasteiger partial charge in [0.2, 0.25) is 0 Å². The van der Waals surface area contributed by atoms with Crippen LogP contribution in [0.5, 0.6) is 0 Å². The number of ether oxygens (including phenoxy) is 1. The van der Waals surface area contributed by atoms with Crippen LogP contribution in [0, 0.1) is 11.6 Å². The molecule has 1 heterocycles. The first-order chi connectivity index (χ1) is 8.55. The van der Waals surface area contributed by atoms with Gasteiger partial charge in [-0.25, -0.2) is 8.78 Å². The molecule has 1 N–H and O–H groups in total. The molecule has 106 valence electrons. The average molecular weight is 270 g/mol. The third-order valence-electron chi connectivity index (χ3n) is 3.86. The monoisotopic (exact) mass is 270 g/mol. The van der Waals surface area contributed by atoms with Crippen molar-refractivity contribution in [1.29, 1.82) is 0 Å². The zero-order valence-electron chi connectivity index (χ0n) is 11.8. The van der Waals surface area contributed by atoms with E-state index < -0.39 is 28.4 Å². The smallest absolute Gasteiger partial charge is 0.126 e. The van der Waals surface area contributed by atoms with Crippen molar-refractivity contribution in [2.45, 2.75) is 57.3 Å². The van der Waals surface area contributed by atoms with Crippen molar-refractivity contribution in [2.24, 2.45) is 0 Å². The highest BCUT2D eigenvalue weighted by atomic mass is 19.1. The number of hydrogen-bond donors (Lipinski definition) is 1. The molecule has 1 aliphatic heterocycles. The molecule has 2 rings (SSSR count). The average Bonchev–Trinajstić information content (AvgIpc) is 2.36. The molecule has 0 amide bonds. The van der Waals surface area contributed by atoms with Crippen molar-refractivity contribution < 1.29 is 18.6 Å². The molecule has 1 atom stereocenters. The summed E-state index contributed by atoms with van der Waals surface area (Å²) >= 11 is 0. The normalized spacial score (nSPS) is 28.6. The molecule has 19 heavy (non-hydrogen) atoms. The lowest BCUT2D eigenvalue weighted by Crippen LogP contribution is -2.48. The Morgan fingerprint density at radius 2 is 1.84 bits per heavy atom. The minimum absolute atomic E-state index is 0.0347. The van der Waals surface area contributed by atoms with Crippen LogP contribution in [0.4, 0.5) is 8.78 Å². The first-order valence-corrected chi connectivity index (χ1v) is 6.41. The molecule has 0 spiro atoms. The van der Waals surface area contributed by atoms with E-state index in [1.54, 1.807) is 13.8 Å². The van der Waals surface area contributed by atoms with Crippen LogP contribution in [-0.4, -0.2) is 21.9 Å². The number of benzene rings is 1. The topological polar surface area (TPSA) is 29.5 Å². The molecule has 1 aliphatic rings. The Bertz CT molecular complexity index is 497. The molecule has 0 aromatic heterocycles. The highest BCUT2D eigenvalue weighted by Gasteiger charge is 2.56. The van der Waals surface area contributed by atoms with Gasteiger partial charge in [0.05, 0.1) is 16.8 Å². The first kappa shape index (κ1) is 14.4. The second kappa shape index (κ2) is 4.25. The zero-order valence-corrected chi connectivity index (χ0v) is 11.8. The van der Waals surface area contributed by atoms with E-state index in [0.29, 0.717) is 6.42 Å². The minimum atomic E-state index is -1.22. The predicted molar refractivity (Wildman–Crippen MR) is 68.9 cm³/mol. The van der Waals surface area contributed by atoms with Crippen molar-refractivity contribution in [3.05, 3.63) is 35.4 Å². The summed E-state index contributed by atoms with van der Waals surface area (Å²) < 4.78 is 32.8. The quantitative estimate of drug-likeness (QED) is 0.894. The molecular formula is C15H20F2O2. The van der Waals surface area contributed by atoms with E-state index in [-0.39, 0.29) is 12.0 Å². The first-order valence-electron chi connectivity index (χ1n) is 6.41. The Balaban J connectivity index is 2.34. The molecule has 0 saturated carbocycles. The van der Waals surface area contributed by atoms with Gasteiger partial charge in [0, 0.05) is 12.8 Å². The SMILES string of the molecule is CC1(C)CC(O)(Cc2cc(F)ccc2F)C(C)(C)O1. The Morgan fingerprint density at radius 3 is 2.37 bits per heavy atom. The van der Waals surface area contributed by atoms with Gasteiger partial charge < -0.3 is 9.84 Å². The van der Waals surface area contributed by atoms with Gasteiger partial charge in [0.15, 0.2) is 0 Å². The molecule has 2 nitrogen and oxygen atoms in total. The van der Waals surface area contributed by atoms with Gasteiger partial charge in [-0.1, -0.05) is 0 Å². The van der Waals surface area contributed by atoms with Crippen molar-refractivity contribution in [3.63, 3.8) is 0 Å². The summed E-state index contributed by atoms with van der Waals surface area (Å²) in [6, 6.07) is 3.29. The van der Waals surface area contributed by atoms with Crippen LogP contribution in [0.15, 0.2) is 18.2 Å². The van der Waals surface area contributed by atoms with Crippen molar-refractivity contribution in [3.8, 4) is 0 Å². The number of hydrogen-bond acceptors (Lipinski definition) is 2. The van der Waals surface area contributed by atoms with E-state index in [9.17, 15) is 13.9 Å². The summed E-state index contributed by atoms with van der Waals surface area (Å²) in [5.74, 6) is -1.01. The van der Waals surface area contributed by atoms with E-state index in [4.69, 9.17) is 4.74 Å². The number of rotatable bonds is 2. The summed E-state index contributed by atoms with van der Waals surface area (Å²) in [6.07, 6.45) is 0.413. The Labute approximate surface area is 112 Å². The van der Waals surface area contributed by atoms with Crippen LogP contribution in [0.3, 0.4) is 0 Å². The van der Waals surface area contributed by atoms with Gasteiger partial charge in [0.25, 0.3) is 0 Å². The Morgan fingerprint density at radius 1 is 1.21 bits per heavy atom. The van der Waals surface area contributed by atoms with Crippen LogP contribution >= 0.6 is 0 Å². The summed E-state index contributed by atoms with van der Waals surface area (Å²) in [5, 5.41) is 10.8. The van der Waals surface area contributed by atoms with Gasteiger partial charge in [-0.15, -0.1) is 0 Å². The molecule has 1 aromatic carbocycles. The van der Waals surface area contributed by atoms with Gasteiger partial charge in [-0.3, -0.25) is 0 Å². The highest BCUT2D eigenvalue weighted by molar-refractivity contribution is 5.23. The third-order valence-corrected chi connectivity index (χ3v) is 3.86. The van der Waals surface area contributed by atoms with Gasteiger partial charge >= 0.3 is 0 Å². The fourth-order valence-corrected chi connectivity index (χ4v) is 3.01. The van der Waals surface area contributed by atoms with Crippen molar-refractivity contribution in [2.75, 3.05) is 0 Å².